The Hall–Kier alpha value is -2.18. The molecule has 7 heteroatoms. The van der Waals surface area contributed by atoms with Crippen molar-refractivity contribution >= 4 is 17.7 Å². The molecule has 1 aliphatic rings. The highest BCUT2D eigenvalue weighted by atomic mass is 16.5. The van der Waals surface area contributed by atoms with Gasteiger partial charge in [-0.3, -0.25) is 9.78 Å². The third-order valence-corrected chi connectivity index (χ3v) is 4.25. The standard InChI is InChI=1S/C17H26N4O3/c1-12(2)10-14(17(23)24-3)20-16(22)13-4-8-21(9-5-13)15-11-18-6-7-19-15/h6-7,11-14H,4-5,8-10H2,1-3H3,(H,20,22). The van der Waals surface area contributed by atoms with Gasteiger partial charge in [-0.25, -0.2) is 9.78 Å². The van der Waals surface area contributed by atoms with E-state index < -0.39 is 6.04 Å². The predicted molar refractivity (Wildman–Crippen MR) is 90.4 cm³/mol. The summed E-state index contributed by atoms with van der Waals surface area (Å²) in [4.78, 5) is 34.8. The Labute approximate surface area is 142 Å². The van der Waals surface area contributed by atoms with Crippen LogP contribution in [-0.2, 0) is 14.3 Å². The summed E-state index contributed by atoms with van der Waals surface area (Å²) in [6.45, 7) is 5.54. The number of aromatic nitrogens is 2. The lowest BCUT2D eigenvalue weighted by atomic mass is 9.95. The highest BCUT2D eigenvalue weighted by Crippen LogP contribution is 2.21. The average molecular weight is 334 g/mol. The molecule has 1 unspecified atom stereocenters. The topological polar surface area (TPSA) is 84.4 Å². The highest BCUT2D eigenvalue weighted by Gasteiger charge is 2.29. The molecule has 0 aromatic carbocycles. The van der Waals surface area contributed by atoms with E-state index in [1.54, 1.807) is 18.6 Å². The minimum absolute atomic E-state index is 0.0650. The molecule has 2 rings (SSSR count). The number of amides is 1. The van der Waals surface area contributed by atoms with Crippen LogP contribution in [0.1, 0.15) is 33.1 Å². The molecule has 1 saturated heterocycles. The number of hydrogen-bond acceptors (Lipinski definition) is 6. The van der Waals surface area contributed by atoms with Crippen molar-refractivity contribution in [2.24, 2.45) is 11.8 Å². The second-order valence-corrected chi connectivity index (χ2v) is 6.54. The molecule has 0 saturated carbocycles. The van der Waals surface area contributed by atoms with Crippen LogP contribution in [0.15, 0.2) is 18.6 Å². The first-order chi connectivity index (χ1) is 11.5. The van der Waals surface area contributed by atoms with Crippen LogP contribution in [0.3, 0.4) is 0 Å². The van der Waals surface area contributed by atoms with Crippen molar-refractivity contribution in [1.29, 1.82) is 0 Å². The van der Waals surface area contributed by atoms with Gasteiger partial charge in [-0.2, -0.15) is 0 Å². The number of hydrogen-bond donors (Lipinski definition) is 1. The number of piperidine rings is 1. The maximum atomic E-state index is 12.5. The molecular weight excluding hydrogens is 308 g/mol. The van der Waals surface area contributed by atoms with E-state index >= 15 is 0 Å². The fourth-order valence-electron chi connectivity index (χ4n) is 2.94. The molecule has 1 fully saturated rings. The molecule has 0 spiro atoms. The first-order valence-electron chi connectivity index (χ1n) is 8.40. The Morgan fingerprint density at radius 3 is 2.58 bits per heavy atom. The zero-order valence-corrected chi connectivity index (χ0v) is 14.6. The van der Waals surface area contributed by atoms with E-state index in [0.29, 0.717) is 12.3 Å². The molecule has 0 radical (unpaired) electrons. The average Bonchev–Trinajstić information content (AvgIpc) is 2.61. The molecular formula is C17H26N4O3. The number of ether oxygens (including phenoxy) is 1. The van der Waals surface area contributed by atoms with Gasteiger partial charge in [0.05, 0.1) is 13.3 Å². The molecule has 1 amide bonds. The van der Waals surface area contributed by atoms with Crippen LogP contribution in [0, 0.1) is 11.8 Å². The van der Waals surface area contributed by atoms with E-state index in [1.165, 1.54) is 7.11 Å². The van der Waals surface area contributed by atoms with Crippen molar-refractivity contribution in [2.75, 3.05) is 25.1 Å². The van der Waals surface area contributed by atoms with E-state index in [2.05, 4.69) is 20.2 Å². The summed E-state index contributed by atoms with van der Waals surface area (Å²) in [6.07, 6.45) is 7.09. The lowest BCUT2D eigenvalue weighted by Crippen LogP contribution is -2.47. The quantitative estimate of drug-likeness (QED) is 0.792. The van der Waals surface area contributed by atoms with Crippen molar-refractivity contribution < 1.29 is 14.3 Å². The number of methoxy groups -OCH3 is 1. The SMILES string of the molecule is COC(=O)C(CC(C)C)NC(=O)C1CCN(c2cnccn2)CC1. The molecule has 0 bridgehead atoms. The van der Waals surface area contributed by atoms with Crippen molar-refractivity contribution in [2.45, 2.75) is 39.2 Å². The molecule has 1 atom stereocenters. The third-order valence-electron chi connectivity index (χ3n) is 4.25. The van der Waals surface area contributed by atoms with Gasteiger partial charge in [0.2, 0.25) is 5.91 Å². The normalized spacial score (nSPS) is 16.8. The molecule has 7 nitrogen and oxygen atoms in total. The van der Waals surface area contributed by atoms with Gasteiger partial charge in [-0.05, 0) is 25.2 Å². The smallest absolute Gasteiger partial charge is 0.328 e. The Morgan fingerprint density at radius 2 is 2.04 bits per heavy atom. The molecule has 2 heterocycles. The second kappa shape index (κ2) is 8.61. The summed E-state index contributed by atoms with van der Waals surface area (Å²) in [6, 6.07) is -0.569. The predicted octanol–water partition coefficient (Wildman–Crippen LogP) is 1.40. The number of esters is 1. The third kappa shape index (κ3) is 4.91. The monoisotopic (exact) mass is 334 g/mol. The molecule has 1 aromatic heterocycles. The van der Waals surface area contributed by atoms with E-state index in [-0.39, 0.29) is 17.8 Å². The highest BCUT2D eigenvalue weighted by molar-refractivity contribution is 5.85. The zero-order chi connectivity index (χ0) is 17.5. The van der Waals surface area contributed by atoms with Crippen LogP contribution >= 0.6 is 0 Å². The fourth-order valence-corrected chi connectivity index (χ4v) is 2.94. The van der Waals surface area contributed by atoms with Crippen molar-refractivity contribution in [1.82, 2.24) is 15.3 Å². The maximum absolute atomic E-state index is 12.5. The van der Waals surface area contributed by atoms with Crippen LogP contribution in [-0.4, -0.2) is 48.1 Å². The largest absolute Gasteiger partial charge is 0.467 e. The number of nitrogens with one attached hydrogen (secondary N) is 1. The van der Waals surface area contributed by atoms with Crippen molar-refractivity contribution in [3.8, 4) is 0 Å². The number of anilines is 1. The second-order valence-electron chi connectivity index (χ2n) is 6.54. The van der Waals surface area contributed by atoms with E-state index in [0.717, 1.165) is 31.7 Å². The van der Waals surface area contributed by atoms with E-state index in [1.807, 2.05) is 13.8 Å². The van der Waals surface area contributed by atoms with Gasteiger partial charge in [0.1, 0.15) is 11.9 Å². The molecule has 1 N–H and O–H groups in total. The van der Waals surface area contributed by atoms with Gasteiger partial charge in [-0.15, -0.1) is 0 Å². The first-order valence-corrected chi connectivity index (χ1v) is 8.40. The summed E-state index contributed by atoms with van der Waals surface area (Å²) in [7, 11) is 1.35. The van der Waals surface area contributed by atoms with E-state index in [4.69, 9.17) is 4.74 Å². The molecule has 132 valence electrons. The minimum Gasteiger partial charge on any atom is -0.467 e. The van der Waals surface area contributed by atoms with Gasteiger partial charge >= 0.3 is 5.97 Å². The van der Waals surface area contributed by atoms with Gasteiger partial charge in [0.15, 0.2) is 0 Å². The van der Waals surface area contributed by atoms with Crippen LogP contribution in [0.5, 0.6) is 0 Å². The summed E-state index contributed by atoms with van der Waals surface area (Å²) in [5.74, 6) is 0.604. The van der Waals surface area contributed by atoms with Crippen LogP contribution < -0.4 is 10.2 Å². The Bertz CT molecular complexity index is 542. The van der Waals surface area contributed by atoms with Gasteiger partial charge in [0, 0.05) is 31.4 Å². The molecule has 1 aromatic rings. The number of rotatable bonds is 6. The van der Waals surface area contributed by atoms with Gasteiger partial charge < -0.3 is 15.0 Å². The fraction of sp³-hybridized carbons (Fsp3) is 0.647. The summed E-state index contributed by atoms with van der Waals surface area (Å²) in [5, 5.41) is 2.86. The Morgan fingerprint density at radius 1 is 1.33 bits per heavy atom. The van der Waals surface area contributed by atoms with Crippen molar-refractivity contribution in [3.63, 3.8) is 0 Å². The Balaban J connectivity index is 1.88. The van der Waals surface area contributed by atoms with Crippen LogP contribution in [0.25, 0.3) is 0 Å². The first kappa shape index (κ1) is 18.2. The minimum atomic E-state index is -0.569. The lowest BCUT2D eigenvalue weighted by molar-refractivity contribution is -0.146. The van der Waals surface area contributed by atoms with Gasteiger partial charge in [-0.1, -0.05) is 13.8 Å². The summed E-state index contributed by atoms with van der Waals surface area (Å²) in [5.41, 5.74) is 0. The van der Waals surface area contributed by atoms with Crippen molar-refractivity contribution in [3.05, 3.63) is 18.6 Å². The van der Waals surface area contributed by atoms with Crippen LogP contribution in [0.2, 0.25) is 0 Å². The lowest BCUT2D eigenvalue weighted by Gasteiger charge is -2.32. The van der Waals surface area contributed by atoms with Crippen LogP contribution in [0.4, 0.5) is 5.82 Å². The van der Waals surface area contributed by atoms with Gasteiger partial charge in [0.25, 0.3) is 0 Å². The maximum Gasteiger partial charge on any atom is 0.328 e. The zero-order valence-electron chi connectivity index (χ0n) is 14.6. The number of carbonyl (C=O) groups is 2. The summed E-state index contributed by atoms with van der Waals surface area (Å²) >= 11 is 0. The molecule has 24 heavy (non-hydrogen) atoms. The Kier molecular flexibility index (Phi) is 6.52. The number of nitrogens with zero attached hydrogens (tertiary/aromatic N) is 3. The summed E-state index contributed by atoms with van der Waals surface area (Å²) < 4.78 is 4.80. The van der Waals surface area contributed by atoms with E-state index in [9.17, 15) is 9.59 Å². The molecule has 1 aliphatic heterocycles. The molecule has 0 aliphatic carbocycles. The number of carbonyl (C=O) groups excluding carboxylic acids is 2.